The number of phenols is 1. The van der Waals surface area contributed by atoms with Gasteiger partial charge in [-0.05, 0) is 35.9 Å². The number of esters is 1. The van der Waals surface area contributed by atoms with E-state index in [1.54, 1.807) is 36.4 Å². The number of ketones is 1. The van der Waals surface area contributed by atoms with Gasteiger partial charge < -0.3 is 19.3 Å². The molecule has 0 aromatic heterocycles. The molecule has 0 aliphatic carbocycles. The third kappa shape index (κ3) is 3.87. The van der Waals surface area contributed by atoms with E-state index in [2.05, 4.69) is 9.64 Å². The van der Waals surface area contributed by atoms with Crippen molar-refractivity contribution in [3.05, 3.63) is 64.4 Å². The largest absolute Gasteiger partial charge is 0.507 e. The van der Waals surface area contributed by atoms with Crippen molar-refractivity contribution in [1.29, 1.82) is 0 Å². The lowest BCUT2D eigenvalue weighted by molar-refractivity contribution is 0.0336. The third-order valence-corrected chi connectivity index (χ3v) is 5.03. The number of benzene rings is 2. The van der Waals surface area contributed by atoms with Crippen LogP contribution in [0.4, 0.5) is 0 Å². The highest BCUT2D eigenvalue weighted by Crippen LogP contribution is 2.40. The monoisotopic (exact) mass is 395 g/mol. The van der Waals surface area contributed by atoms with Crippen molar-refractivity contribution in [2.45, 2.75) is 6.54 Å². The number of aromatic hydroxyl groups is 1. The fourth-order valence-electron chi connectivity index (χ4n) is 3.42. The van der Waals surface area contributed by atoms with Gasteiger partial charge in [-0.25, -0.2) is 4.79 Å². The number of rotatable bonds is 4. The molecule has 4 rings (SSSR count). The van der Waals surface area contributed by atoms with Gasteiger partial charge in [0.1, 0.15) is 11.5 Å². The molecular weight excluding hydrogens is 374 g/mol. The molecule has 2 aliphatic rings. The molecule has 1 fully saturated rings. The molecule has 0 saturated carbocycles. The lowest BCUT2D eigenvalue weighted by Crippen LogP contribution is -2.35. The Morgan fingerprint density at radius 2 is 1.90 bits per heavy atom. The molecule has 7 nitrogen and oxygen atoms in total. The van der Waals surface area contributed by atoms with E-state index in [1.807, 2.05) is 0 Å². The van der Waals surface area contributed by atoms with Crippen LogP contribution in [0.2, 0.25) is 0 Å². The number of nitrogens with zero attached hydrogens (tertiary/aromatic N) is 1. The summed E-state index contributed by atoms with van der Waals surface area (Å²) in [6.07, 6.45) is 1.62. The Kier molecular flexibility index (Phi) is 5.33. The van der Waals surface area contributed by atoms with Crippen molar-refractivity contribution in [3.63, 3.8) is 0 Å². The van der Waals surface area contributed by atoms with Gasteiger partial charge in [-0.15, -0.1) is 0 Å². The van der Waals surface area contributed by atoms with Crippen molar-refractivity contribution in [2.75, 3.05) is 33.4 Å². The normalized spacial score (nSPS) is 17.8. The van der Waals surface area contributed by atoms with Crippen LogP contribution in [-0.4, -0.2) is 55.2 Å². The van der Waals surface area contributed by atoms with Crippen LogP contribution in [0.3, 0.4) is 0 Å². The lowest BCUT2D eigenvalue weighted by atomic mass is 10.0. The number of Topliss-reactive ketones (excluding diaryl/α,β-unsaturated/α-hetero) is 1. The fourth-order valence-corrected chi connectivity index (χ4v) is 3.42. The molecule has 2 aromatic rings. The molecule has 7 heteroatoms. The maximum absolute atomic E-state index is 12.8. The van der Waals surface area contributed by atoms with E-state index in [9.17, 15) is 14.7 Å². The zero-order chi connectivity index (χ0) is 20.4. The molecule has 0 unspecified atom stereocenters. The Hall–Kier alpha value is -3.16. The van der Waals surface area contributed by atoms with Crippen LogP contribution >= 0.6 is 0 Å². The summed E-state index contributed by atoms with van der Waals surface area (Å²) in [6.45, 7) is 3.27. The second-order valence-electron chi connectivity index (χ2n) is 6.88. The Balaban J connectivity index is 1.60. The van der Waals surface area contributed by atoms with Gasteiger partial charge in [0, 0.05) is 19.6 Å². The minimum atomic E-state index is -0.423. The Bertz CT molecular complexity index is 974. The number of carbonyl (C=O) groups is 2. The molecule has 29 heavy (non-hydrogen) atoms. The highest BCUT2D eigenvalue weighted by atomic mass is 16.5. The Morgan fingerprint density at radius 1 is 1.17 bits per heavy atom. The van der Waals surface area contributed by atoms with Crippen molar-refractivity contribution in [2.24, 2.45) is 0 Å². The Morgan fingerprint density at radius 3 is 2.59 bits per heavy atom. The third-order valence-electron chi connectivity index (χ3n) is 5.03. The molecular formula is C22H21NO6. The van der Waals surface area contributed by atoms with Gasteiger partial charge in [-0.1, -0.05) is 12.1 Å². The molecule has 2 heterocycles. The smallest absolute Gasteiger partial charge is 0.337 e. The van der Waals surface area contributed by atoms with E-state index in [-0.39, 0.29) is 17.3 Å². The summed E-state index contributed by atoms with van der Waals surface area (Å²) in [5, 5.41) is 10.4. The highest BCUT2D eigenvalue weighted by molar-refractivity contribution is 6.15. The van der Waals surface area contributed by atoms with Gasteiger partial charge >= 0.3 is 5.97 Å². The number of phenolic OH excluding ortho intramolecular Hbond substituents is 1. The van der Waals surface area contributed by atoms with Crippen LogP contribution in [0, 0.1) is 0 Å². The van der Waals surface area contributed by atoms with Gasteiger partial charge in [0.25, 0.3) is 0 Å². The number of hydrogen-bond acceptors (Lipinski definition) is 7. The number of hydrogen-bond donors (Lipinski definition) is 1. The lowest BCUT2D eigenvalue weighted by Gasteiger charge is -2.27. The molecule has 0 radical (unpaired) electrons. The molecule has 2 aliphatic heterocycles. The minimum Gasteiger partial charge on any atom is -0.507 e. The summed E-state index contributed by atoms with van der Waals surface area (Å²) in [6, 6.07) is 9.79. The topological polar surface area (TPSA) is 85.3 Å². The number of carbonyl (C=O) groups excluding carboxylic acids is 2. The van der Waals surface area contributed by atoms with Crippen molar-refractivity contribution >= 4 is 17.8 Å². The van der Waals surface area contributed by atoms with Crippen LogP contribution in [0.15, 0.2) is 42.2 Å². The number of allylic oxidation sites excluding steroid dienone is 1. The standard InChI is InChI=1S/C22H21NO6/c1-27-22(26)15-4-2-14(3-5-15)12-19-20(25)16-6-7-18(24)17(21(16)29-19)13-23-8-10-28-11-9-23/h2-7,12,24H,8-11,13H2,1H3/b19-12-. The Labute approximate surface area is 168 Å². The van der Waals surface area contributed by atoms with E-state index < -0.39 is 5.97 Å². The van der Waals surface area contributed by atoms with Crippen molar-refractivity contribution in [3.8, 4) is 11.5 Å². The summed E-state index contributed by atoms with van der Waals surface area (Å²) >= 11 is 0. The molecule has 150 valence electrons. The first kappa shape index (κ1) is 19.2. The minimum absolute atomic E-state index is 0.103. The maximum atomic E-state index is 12.8. The predicted octanol–water partition coefficient (Wildman–Crippen LogP) is 2.63. The van der Waals surface area contributed by atoms with E-state index in [0.29, 0.717) is 47.8 Å². The zero-order valence-corrected chi connectivity index (χ0v) is 16.0. The summed E-state index contributed by atoms with van der Waals surface area (Å²) in [5.74, 6) is 0.0265. The average Bonchev–Trinajstić information content (AvgIpc) is 3.06. The number of fused-ring (bicyclic) bond motifs is 1. The zero-order valence-electron chi connectivity index (χ0n) is 16.0. The van der Waals surface area contributed by atoms with Gasteiger partial charge in [-0.3, -0.25) is 9.69 Å². The molecule has 0 atom stereocenters. The molecule has 0 spiro atoms. The van der Waals surface area contributed by atoms with E-state index in [0.717, 1.165) is 13.1 Å². The first-order chi connectivity index (χ1) is 14.1. The predicted molar refractivity (Wildman–Crippen MR) is 105 cm³/mol. The highest BCUT2D eigenvalue weighted by Gasteiger charge is 2.31. The second-order valence-corrected chi connectivity index (χ2v) is 6.88. The van der Waals surface area contributed by atoms with E-state index >= 15 is 0 Å². The van der Waals surface area contributed by atoms with Crippen LogP contribution in [0.25, 0.3) is 6.08 Å². The van der Waals surface area contributed by atoms with Crippen molar-refractivity contribution in [1.82, 2.24) is 4.90 Å². The fraction of sp³-hybridized carbons (Fsp3) is 0.273. The quantitative estimate of drug-likeness (QED) is 0.629. The first-order valence-corrected chi connectivity index (χ1v) is 9.34. The second kappa shape index (κ2) is 8.06. The summed E-state index contributed by atoms with van der Waals surface area (Å²) in [7, 11) is 1.32. The first-order valence-electron chi connectivity index (χ1n) is 9.34. The summed E-state index contributed by atoms with van der Waals surface area (Å²) in [4.78, 5) is 26.5. The molecule has 2 aromatic carbocycles. The number of morpholine rings is 1. The van der Waals surface area contributed by atoms with Gasteiger partial charge in [0.2, 0.25) is 5.78 Å². The SMILES string of the molecule is COC(=O)c1ccc(/C=C2\Oc3c(ccc(O)c3CN3CCOCC3)C2=O)cc1. The average molecular weight is 395 g/mol. The van der Waals surface area contributed by atoms with E-state index in [4.69, 9.17) is 9.47 Å². The summed E-state index contributed by atoms with van der Waals surface area (Å²) < 4.78 is 15.9. The van der Waals surface area contributed by atoms with Gasteiger partial charge in [0.05, 0.1) is 37.0 Å². The summed E-state index contributed by atoms with van der Waals surface area (Å²) in [5.41, 5.74) is 2.17. The number of methoxy groups -OCH3 is 1. The van der Waals surface area contributed by atoms with Crippen LogP contribution < -0.4 is 4.74 Å². The molecule has 1 saturated heterocycles. The van der Waals surface area contributed by atoms with Gasteiger partial charge in [0.15, 0.2) is 5.76 Å². The molecule has 0 amide bonds. The van der Waals surface area contributed by atoms with E-state index in [1.165, 1.54) is 13.2 Å². The van der Waals surface area contributed by atoms with Crippen LogP contribution in [0.5, 0.6) is 11.5 Å². The van der Waals surface area contributed by atoms with Crippen LogP contribution in [0.1, 0.15) is 31.8 Å². The van der Waals surface area contributed by atoms with Gasteiger partial charge in [-0.2, -0.15) is 0 Å². The molecule has 1 N–H and O–H groups in total. The maximum Gasteiger partial charge on any atom is 0.337 e. The number of ether oxygens (including phenoxy) is 3. The molecule has 0 bridgehead atoms. The van der Waals surface area contributed by atoms with Crippen LogP contribution in [-0.2, 0) is 16.0 Å². The van der Waals surface area contributed by atoms with Crippen molar-refractivity contribution < 1.29 is 28.9 Å².